The van der Waals surface area contributed by atoms with E-state index >= 15 is 0 Å². The van der Waals surface area contributed by atoms with Crippen LogP contribution in [0, 0.1) is 20.8 Å². The van der Waals surface area contributed by atoms with Crippen LogP contribution in [0.25, 0.3) is 0 Å². The van der Waals surface area contributed by atoms with Gasteiger partial charge in [0.2, 0.25) is 5.91 Å². The maximum atomic E-state index is 12.1. The van der Waals surface area contributed by atoms with Crippen LogP contribution >= 0.6 is 23.4 Å². The minimum atomic E-state index is -0.0223. The van der Waals surface area contributed by atoms with Crippen LogP contribution in [0.5, 0.6) is 0 Å². The molecule has 4 heteroatoms. The molecule has 2 nitrogen and oxygen atoms in total. The summed E-state index contributed by atoms with van der Waals surface area (Å²) in [5.74, 6) is 1.22. The first-order chi connectivity index (χ1) is 10.5. The zero-order valence-electron chi connectivity index (χ0n) is 13.1. The number of carbonyl (C=O) groups is 1. The van der Waals surface area contributed by atoms with E-state index in [1.807, 2.05) is 26.0 Å². The molecule has 0 heterocycles. The lowest BCUT2D eigenvalue weighted by molar-refractivity contribution is -0.113. The van der Waals surface area contributed by atoms with Crippen LogP contribution in [0.4, 0.5) is 5.69 Å². The number of aryl methyl sites for hydroxylation is 3. The number of amides is 1. The number of anilines is 1. The molecule has 0 aliphatic rings. The topological polar surface area (TPSA) is 29.1 Å². The fourth-order valence-electron chi connectivity index (χ4n) is 2.20. The summed E-state index contributed by atoms with van der Waals surface area (Å²) in [6.07, 6.45) is 0. The Morgan fingerprint density at radius 3 is 2.41 bits per heavy atom. The van der Waals surface area contributed by atoms with E-state index in [0.717, 1.165) is 16.9 Å². The summed E-state index contributed by atoms with van der Waals surface area (Å²) in [7, 11) is 0. The van der Waals surface area contributed by atoms with Crippen molar-refractivity contribution >= 4 is 35.0 Å². The summed E-state index contributed by atoms with van der Waals surface area (Å²) in [5.41, 5.74) is 5.27. The van der Waals surface area contributed by atoms with Crippen molar-refractivity contribution in [2.75, 3.05) is 11.1 Å². The highest BCUT2D eigenvalue weighted by atomic mass is 35.5. The molecule has 0 saturated carbocycles. The van der Waals surface area contributed by atoms with Crippen molar-refractivity contribution in [2.24, 2.45) is 0 Å². The monoisotopic (exact) mass is 333 g/mol. The van der Waals surface area contributed by atoms with E-state index in [4.69, 9.17) is 11.6 Å². The molecule has 0 saturated heterocycles. The zero-order valence-corrected chi connectivity index (χ0v) is 14.6. The van der Waals surface area contributed by atoms with Crippen LogP contribution < -0.4 is 5.32 Å². The lowest BCUT2D eigenvalue weighted by Gasteiger charge is -2.11. The molecular formula is C18H20ClNOS. The lowest BCUT2D eigenvalue weighted by Crippen LogP contribution is -2.15. The van der Waals surface area contributed by atoms with Gasteiger partial charge < -0.3 is 5.32 Å². The number of hydrogen-bond acceptors (Lipinski definition) is 2. The molecule has 1 N–H and O–H groups in total. The number of halogens is 1. The molecule has 0 bridgehead atoms. The third-order valence-corrected chi connectivity index (χ3v) is 4.62. The summed E-state index contributed by atoms with van der Waals surface area (Å²) in [6, 6.07) is 12.3. The predicted molar refractivity (Wildman–Crippen MR) is 96.9 cm³/mol. The van der Waals surface area contributed by atoms with E-state index < -0.39 is 0 Å². The van der Waals surface area contributed by atoms with E-state index in [2.05, 4.69) is 36.5 Å². The van der Waals surface area contributed by atoms with Gasteiger partial charge in [-0.3, -0.25) is 4.79 Å². The largest absolute Gasteiger partial charge is 0.324 e. The second-order valence-electron chi connectivity index (χ2n) is 5.47. The van der Waals surface area contributed by atoms with Gasteiger partial charge in [-0.25, -0.2) is 0 Å². The molecular weight excluding hydrogens is 314 g/mol. The van der Waals surface area contributed by atoms with Gasteiger partial charge in [0.1, 0.15) is 0 Å². The molecule has 0 aromatic heterocycles. The first-order valence-electron chi connectivity index (χ1n) is 7.15. The van der Waals surface area contributed by atoms with Crippen LogP contribution in [0.3, 0.4) is 0 Å². The predicted octanol–water partition coefficient (Wildman–Crippen LogP) is 5.14. The summed E-state index contributed by atoms with van der Waals surface area (Å²) in [5, 5.41) is 3.50. The van der Waals surface area contributed by atoms with Gasteiger partial charge in [0.15, 0.2) is 0 Å². The first kappa shape index (κ1) is 16.9. The van der Waals surface area contributed by atoms with E-state index in [-0.39, 0.29) is 5.91 Å². The van der Waals surface area contributed by atoms with Gasteiger partial charge in [0, 0.05) is 5.75 Å². The highest BCUT2D eigenvalue weighted by molar-refractivity contribution is 7.99. The van der Waals surface area contributed by atoms with E-state index in [1.54, 1.807) is 11.8 Å². The Kier molecular flexibility index (Phi) is 5.92. The molecule has 2 aromatic rings. The van der Waals surface area contributed by atoms with Gasteiger partial charge in [-0.2, -0.15) is 0 Å². The van der Waals surface area contributed by atoms with E-state index in [9.17, 15) is 4.79 Å². The average molecular weight is 334 g/mol. The highest BCUT2D eigenvalue weighted by Crippen LogP contribution is 2.27. The van der Waals surface area contributed by atoms with Crippen LogP contribution in [0.1, 0.15) is 22.3 Å². The van der Waals surface area contributed by atoms with E-state index in [0.29, 0.717) is 16.5 Å². The Balaban J connectivity index is 1.87. The van der Waals surface area contributed by atoms with Crippen molar-refractivity contribution in [1.82, 2.24) is 0 Å². The molecule has 2 rings (SSSR count). The second-order valence-corrected chi connectivity index (χ2v) is 6.86. The normalized spacial score (nSPS) is 10.5. The SMILES string of the molecule is Cc1ccc(CSCC(=O)Nc2c(C)cc(C)cc2Cl)cc1. The van der Waals surface area contributed by atoms with Crippen molar-refractivity contribution in [1.29, 1.82) is 0 Å². The van der Waals surface area contributed by atoms with Gasteiger partial charge in [0.25, 0.3) is 0 Å². The molecule has 2 aromatic carbocycles. The van der Waals surface area contributed by atoms with Crippen LogP contribution in [-0.4, -0.2) is 11.7 Å². The van der Waals surface area contributed by atoms with E-state index in [1.165, 1.54) is 11.1 Å². The van der Waals surface area contributed by atoms with Crippen molar-refractivity contribution < 1.29 is 4.79 Å². The quantitative estimate of drug-likeness (QED) is 0.821. The number of thioether (sulfide) groups is 1. The molecule has 0 spiro atoms. The molecule has 0 aliphatic heterocycles. The molecule has 0 unspecified atom stereocenters. The third kappa shape index (κ3) is 4.79. The molecule has 22 heavy (non-hydrogen) atoms. The fourth-order valence-corrected chi connectivity index (χ4v) is 3.35. The Bertz CT molecular complexity index is 644. The number of hydrogen-bond donors (Lipinski definition) is 1. The van der Waals surface area contributed by atoms with Crippen molar-refractivity contribution in [3.05, 3.63) is 63.7 Å². The van der Waals surface area contributed by atoms with Gasteiger partial charge in [-0.1, -0.05) is 47.5 Å². The Morgan fingerprint density at radius 1 is 1.09 bits per heavy atom. The molecule has 0 aliphatic carbocycles. The Hall–Kier alpha value is -1.45. The highest BCUT2D eigenvalue weighted by Gasteiger charge is 2.09. The number of benzene rings is 2. The second kappa shape index (κ2) is 7.70. The van der Waals surface area contributed by atoms with Gasteiger partial charge in [-0.15, -0.1) is 11.8 Å². The van der Waals surface area contributed by atoms with Gasteiger partial charge >= 0.3 is 0 Å². The third-order valence-electron chi connectivity index (χ3n) is 3.32. The summed E-state index contributed by atoms with van der Waals surface area (Å²) < 4.78 is 0. The zero-order chi connectivity index (χ0) is 16.1. The molecule has 0 radical (unpaired) electrons. The number of nitrogens with one attached hydrogen (secondary N) is 1. The number of carbonyl (C=O) groups excluding carboxylic acids is 1. The van der Waals surface area contributed by atoms with Gasteiger partial charge in [0.05, 0.1) is 16.5 Å². The molecule has 1 amide bonds. The minimum absolute atomic E-state index is 0.0223. The van der Waals surface area contributed by atoms with Crippen LogP contribution in [0.15, 0.2) is 36.4 Å². The first-order valence-corrected chi connectivity index (χ1v) is 8.69. The van der Waals surface area contributed by atoms with Crippen LogP contribution in [0.2, 0.25) is 5.02 Å². The van der Waals surface area contributed by atoms with Crippen molar-refractivity contribution in [2.45, 2.75) is 26.5 Å². The summed E-state index contributed by atoms with van der Waals surface area (Å²) >= 11 is 7.80. The summed E-state index contributed by atoms with van der Waals surface area (Å²) in [4.78, 5) is 12.1. The maximum absolute atomic E-state index is 12.1. The minimum Gasteiger partial charge on any atom is -0.324 e. The smallest absolute Gasteiger partial charge is 0.234 e. The molecule has 0 fully saturated rings. The number of rotatable bonds is 5. The Labute approximate surface area is 141 Å². The van der Waals surface area contributed by atoms with Gasteiger partial charge in [-0.05, 0) is 43.5 Å². The fraction of sp³-hybridized carbons (Fsp3) is 0.278. The molecule has 0 atom stereocenters. The van der Waals surface area contributed by atoms with Crippen molar-refractivity contribution in [3.8, 4) is 0 Å². The Morgan fingerprint density at radius 2 is 1.77 bits per heavy atom. The summed E-state index contributed by atoms with van der Waals surface area (Å²) in [6.45, 7) is 6.01. The van der Waals surface area contributed by atoms with Crippen LogP contribution in [-0.2, 0) is 10.5 Å². The standard InChI is InChI=1S/C18H20ClNOS/c1-12-4-6-15(7-5-12)10-22-11-17(21)20-18-14(3)8-13(2)9-16(18)19/h4-9H,10-11H2,1-3H3,(H,20,21). The van der Waals surface area contributed by atoms with Crippen molar-refractivity contribution in [3.63, 3.8) is 0 Å². The average Bonchev–Trinajstić information content (AvgIpc) is 2.45. The lowest BCUT2D eigenvalue weighted by atomic mass is 10.1. The molecule has 116 valence electrons. The maximum Gasteiger partial charge on any atom is 0.234 e.